The molecule has 4 nitrogen and oxygen atoms in total. The maximum atomic E-state index is 9.36. The number of aliphatic hydroxyl groups excluding tert-OH is 2. The zero-order valence-electron chi connectivity index (χ0n) is 8.17. The lowest BCUT2D eigenvalue weighted by molar-refractivity contribution is 0.0572. The SMILES string of the molecule is OC1CN(Cc2cccc(Cl)n2)CC1O. The fraction of sp³-hybridized carbons (Fsp3) is 0.500. The molecule has 5 heteroatoms. The lowest BCUT2D eigenvalue weighted by Gasteiger charge is -2.13. The summed E-state index contributed by atoms with van der Waals surface area (Å²) in [6.45, 7) is 1.57. The highest BCUT2D eigenvalue weighted by Crippen LogP contribution is 2.14. The third-order valence-corrected chi connectivity index (χ3v) is 2.70. The number of nitrogens with zero attached hydrogens (tertiary/aromatic N) is 2. The molecule has 15 heavy (non-hydrogen) atoms. The first-order valence-electron chi connectivity index (χ1n) is 4.85. The predicted octanol–water partition coefficient (Wildman–Crippen LogP) is 0.272. The Kier molecular flexibility index (Phi) is 3.21. The number of β-amino-alcohol motifs (C(OH)–C–C–N with tert-alkyl or cyclic N) is 2. The zero-order chi connectivity index (χ0) is 10.8. The van der Waals surface area contributed by atoms with E-state index >= 15 is 0 Å². The lowest BCUT2D eigenvalue weighted by atomic mass is 10.3. The highest BCUT2D eigenvalue weighted by Gasteiger charge is 2.29. The summed E-state index contributed by atoms with van der Waals surface area (Å²) in [6.07, 6.45) is -1.30. The van der Waals surface area contributed by atoms with Gasteiger partial charge in [0.25, 0.3) is 0 Å². The van der Waals surface area contributed by atoms with Crippen molar-refractivity contribution in [3.63, 3.8) is 0 Å². The van der Waals surface area contributed by atoms with Gasteiger partial charge in [0.1, 0.15) is 5.15 Å². The lowest BCUT2D eigenvalue weighted by Crippen LogP contribution is -2.22. The first-order chi connectivity index (χ1) is 7.15. The standard InChI is InChI=1S/C10H13ClN2O2/c11-10-3-1-2-7(12-10)4-13-5-8(14)9(15)6-13/h1-3,8-9,14-15H,4-6H2. The Morgan fingerprint density at radius 1 is 1.33 bits per heavy atom. The number of aliphatic hydroxyl groups is 2. The van der Waals surface area contributed by atoms with E-state index in [1.807, 2.05) is 17.0 Å². The second-order valence-corrected chi connectivity index (χ2v) is 4.17. The van der Waals surface area contributed by atoms with Gasteiger partial charge in [-0.1, -0.05) is 17.7 Å². The molecule has 2 N–H and O–H groups in total. The minimum atomic E-state index is -0.649. The summed E-state index contributed by atoms with van der Waals surface area (Å²) in [5.74, 6) is 0. The highest BCUT2D eigenvalue weighted by atomic mass is 35.5. The Hall–Kier alpha value is -0.680. The number of aromatic nitrogens is 1. The maximum Gasteiger partial charge on any atom is 0.129 e. The molecule has 2 unspecified atom stereocenters. The normalized spacial score (nSPS) is 27.1. The van der Waals surface area contributed by atoms with E-state index in [2.05, 4.69) is 4.98 Å². The van der Waals surface area contributed by atoms with Crippen molar-refractivity contribution in [2.45, 2.75) is 18.8 Å². The smallest absolute Gasteiger partial charge is 0.129 e. The summed E-state index contributed by atoms with van der Waals surface area (Å²) in [5, 5.41) is 19.2. The summed E-state index contributed by atoms with van der Waals surface area (Å²) in [7, 11) is 0. The molecule has 0 aliphatic carbocycles. The van der Waals surface area contributed by atoms with E-state index in [9.17, 15) is 10.2 Å². The molecule has 0 amide bonds. The first kappa shape index (κ1) is 10.8. The van der Waals surface area contributed by atoms with Crippen LogP contribution in [0.4, 0.5) is 0 Å². The number of likely N-dealkylation sites (tertiary alicyclic amines) is 1. The molecule has 1 aromatic heterocycles. The number of hydrogen-bond donors (Lipinski definition) is 2. The Labute approximate surface area is 93.1 Å². The van der Waals surface area contributed by atoms with Gasteiger partial charge in [-0.05, 0) is 12.1 Å². The molecule has 2 atom stereocenters. The van der Waals surface area contributed by atoms with E-state index in [4.69, 9.17) is 11.6 Å². The second kappa shape index (κ2) is 4.45. The monoisotopic (exact) mass is 228 g/mol. The molecule has 0 radical (unpaired) electrons. The van der Waals surface area contributed by atoms with Crippen molar-refractivity contribution >= 4 is 11.6 Å². The van der Waals surface area contributed by atoms with Crippen LogP contribution in [0.15, 0.2) is 18.2 Å². The summed E-state index contributed by atoms with van der Waals surface area (Å²) in [6, 6.07) is 5.44. The van der Waals surface area contributed by atoms with Crippen molar-refractivity contribution in [3.8, 4) is 0 Å². The van der Waals surface area contributed by atoms with E-state index in [1.54, 1.807) is 6.07 Å². The number of halogens is 1. The average Bonchev–Trinajstić information content (AvgIpc) is 2.45. The molecule has 0 bridgehead atoms. The quantitative estimate of drug-likeness (QED) is 0.714. The van der Waals surface area contributed by atoms with Crippen LogP contribution < -0.4 is 0 Å². The van der Waals surface area contributed by atoms with Gasteiger partial charge >= 0.3 is 0 Å². The Morgan fingerprint density at radius 2 is 2.00 bits per heavy atom. The summed E-state index contributed by atoms with van der Waals surface area (Å²) < 4.78 is 0. The largest absolute Gasteiger partial charge is 0.389 e. The molecule has 1 aromatic rings. The molecule has 1 fully saturated rings. The minimum absolute atomic E-state index is 0.466. The van der Waals surface area contributed by atoms with Gasteiger partial charge in [-0.3, -0.25) is 4.90 Å². The van der Waals surface area contributed by atoms with Crippen LogP contribution in [0.25, 0.3) is 0 Å². The van der Waals surface area contributed by atoms with Gasteiger partial charge in [0.15, 0.2) is 0 Å². The van der Waals surface area contributed by atoms with Crippen LogP contribution in [0.2, 0.25) is 5.15 Å². The Balaban J connectivity index is 1.98. The van der Waals surface area contributed by atoms with Crippen molar-refractivity contribution in [2.75, 3.05) is 13.1 Å². The van der Waals surface area contributed by atoms with Crippen LogP contribution in [0.1, 0.15) is 5.69 Å². The van der Waals surface area contributed by atoms with E-state index in [1.165, 1.54) is 0 Å². The minimum Gasteiger partial charge on any atom is -0.389 e. The Morgan fingerprint density at radius 3 is 2.60 bits per heavy atom. The van der Waals surface area contributed by atoms with Gasteiger partial charge in [-0.15, -0.1) is 0 Å². The third-order valence-electron chi connectivity index (χ3n) is 2.49. The molecule has 1 aliphatic heterocycles. The second-order valence-electron chi connectivity index (χ2n) is 3.78. The van der Waals surface area contributed by atoms with Gasteiger partial charge < -0.3 is 10.2 Å². The van der Waals surface area contributed by atoms with Gasteiger partial charge in [-0.25, -0.2) is 4.98 Å². The molecule has 2 heterocycles. The van der Waals surface area contributed by atoms with Crippen molar-refractivity contribution in [2.24, 2.45) is 0 Å². The Bertz CT molecular complexity index is 338. The van der Waals surface area contributed by atoms with Gasteiger partial charge in [-0.2, -0.15) is 0 Å². The maximum absolute atomic E-state index is 9.36. The summed E-state index contributed by atoms with van der Waals surface area (Å²) >= 11 is 5.76. The van der Waals surface area contributed by atoms with Crippen LogP contribution >= 0.6 is 11.6 Å². The van der Waals surface area contributed by atoms with Crippen LogP contribution in [-0.4, -0.2) is 45.4 Å². The molecule has 1 aliphatic rings. The molecule has 0 spiro atoms. The van der Waals surface area contributed by atoms with Crippen LogP contribution in [0.3, 0.4) is 0 Å². The van der Waals surface area contributed by atoms with E-state index in [-0.39, 0.29) is 0 Å². The number of rotatable bonds is 2. The van der Waals surface area contributed by atoms with Crippen molar-refractivity contribution in [3.05, 3.63) is 29.0 Å². The molecule has 0 aromatic carbocycles. The fourth-order valence-corrected chi connectivity index (χ4v) is 1.92. The molecular formula is C10H13ClN2O2. The van der Waals surface area contributed by atoms with E-state index in [0.29, 0.717) is 24.8 Å². The van der Waals surface area contributed by atoms with Crippen LogP contribution in [0, 0.1) is 0 Å². The molecule has 1 saturated heterocycles. The van der Waals surface area contributed by atoms with Crippen LogP contribution in [-0.2, 0) is 6.54 Å². The molecule has 2 rings (SSSR count). The highest BCUT2D eigenvalue weighted by molar-refractivity contribution is 6.29. The molecule has 82 valence electrons. The molecular weight excluding hydrogens is 216 g/mol. The third kappa shape index (κ3) is 2.66. The van der Waals surface area contributed by atoms with E-state index < -0.39 is 12.2 Å². The zero-order valence-corrected chi connectivity index (χ0v) is 8.93. The summed E-state index contributed by atoms with van der Waals surface area (Å²) in [5.41, 5.74) is 0.851. The van der Waals surface area contributed by atoms with Crippen molar-refractivity contribution in [1.82, 2.24) is 9.88 Å². The number of hydrogen-bond acceptors (Lipinski definition) is 4. The predicted molar refractivity (Wildman–Crippen MR) is 56.5 cm³/mol. The number of pyridine rings is 1. The average molecular weight is 229 g/mol. The van der Waals surface area contributed by atoms with Gasteiger partial charge in [0.05, 0.1) is 17.9 Å². The van der Waals surface area contributed by atoms with Gasteiger partial charge in [0, 0.05) is 19.6 Å². The first-order valence-corrected chi connectivity index (χ1v) is 5.23. The molecule has 0 saturated carbocycles. The van der Waals surface area contributed by atoms with E-state index in [0.717, 1.165) is 5.69 Å². The topological polar surface area (TPSA) is 56.6 Å². The van der Waals surface area contributed by atoms with Gasteiger partial charge in [0.2, 0.25) is 0 Å². The summed E-state index contributed by atoms with van der Waals surface area (Å²) in [4.78, 5) is 6.10. The van der Waals surface area contributed by atoms with Crippen LogP contribution in [0.5, 0.6) is 0 Å². The van der Waals surface area contributed by atoms with Crippen molar-refractivity contribution < 1.29 is 10.2 Å². The fourth-order valence-electron chi connectivity index (χ4n) is 1.74. The van der Waals surface area contributed by atoms with Crippen molar-refractivity contribution in [1.29, 1.82) is 0 Å².